The maximum Gasteiger partial charge on any atom is 0.219 e. The predicted molar refractivity (Wildman–Crippen MR) is 120 cm³/mol. The Morgan fingerprint density at radius 1 is 1.15 bits per heavy atom. The fourth-order valence-corrected chi connectivity index (χ4v) is 2.25. The van der Waals surface area contributed by atoms with Crippen molar-refractivity contribution in [3.8, 4) is 17.4 Å². The lowest BCUT2D eigenvalue weighted by Crippen LogP contribution is -2.37. The summed E-state index contributed by atoms with van der Waals surface area (Å²) in [6.07, 6.45) is 2.91. The summed E-state index contributed by atoms with van der Waals surface area (Å²) in [7, 11) is 3.40. The minimum atomic E-state index is 0. The molecule has 0 unspecified atom stereocenters. The molecular formula is C20H29IN4O2. The van der Waals surface area contributed by atoms with Gasteiger partial charge in [-0.2, -0.15) is 0 Å². The summed E-state index contributed by atoms with van der Waals surface area (Å²) in [5, 5.41) is 6.59. The first-order valence-electron chi connectivity index (χ1n) is 8.82. The van der Waals surface area contributed by atoms with E-state index < -0.39 is 0 Å². The molecule has 0 fully saturated rings. The number of guanidine groups is 1. The molecule has 1 aromatic heterocycles. The topological polar surface area (TPSA) is 67.8 Å². The van der Waals surface area contributed by atoms with Crippen molar-refractivity contribution in [1.29, 1.82) is 0 Å². The summed E-state index contributed by atoms with van der Waals surface area (Å²) >= 11 is 0. The average Bonchev–Trinajstić information content (AvgIpc) is 2.65. The third kappa shape index (κ3) is 8.47. The molecule has 2 N–H and O–H groups in total. The first-order valence-corrected chi connectivity index (χ1v) is 8.82. The van der Waals surface area contributed by atoms with Gasteiger partial charge in [0.05, 0.1) is 7.11 Å². The molecule has 0 aliphatic heterocycles. The fraction of sp³-hybridized carbons (Fsp3) is 0.400. The normalized spacial score (nSPS) is 10.9. The lowest BCUT2D eigenvalue weighted by atomic mass is 10.1. The van der Waals surface area contributed by atoms with E-state index >= 15 is 0 Å². The van der Waals surface area contributed by atoms with Crippen molar-refractivity contribution in [1.82, 2.24) is 15.6 Å². The molecule has 2 aromatic rings. The van der Waals surface area contributed by atoms with Crippen molar-refractivity contribution in [2.75, 3.05) is 20.7 Å². The van der Waals surface area contributed by atoms with Gasteiger partial charge in [0.25, 0.3) is 0 Å². The molecule has 1 aromatic carbocycles. The van der Waals surface area contributed by atoms with Crippen molar-refractivity contribution < 1.29 is 9.47 Å². The van der Waals surface area contributed by atoms with Crippen LogP contribution in [0.1, 0.15) is 25.8 Å². The van der Waals surface area contributed by atoms with Crippen molar-refractivity contribution in [2.45, 2.75) is 26.8 Å². The Bertz CT molecular complexity index is 705. The van der Waals surface area contributed by atoms with Gasteiger partial charge in [-0.25, -0.2) is 4.98 Å². The van der Waals surface area contributed by atoms with Gasteiger partial charge in [0.15, 0.2) is 5.96 Å². The molecule has 0 aliphatic carbocycles. The standard InChI is InChI=1S/C20H28N4O2.HI/c1-15(2)10-11-22-20(21-3)24-14-16-8-9-19(23-13-16)26-18-7-5-6-17(12-18)25-4;/h5-9,12-13,15H,10-11,14H2,1-4H3,(H2,21,22,24);1H. The first-order chi connectivity index (χ1) is 12.6. The van der Waals surface area contributed by atoms with Gasteiger partial charge in [0.1, 0.15) is 11.5 Å². The minimum Gasteiger partial charge on any atom is -0.497 e. The molecule has 2 rings (SSSR count). The predicted octanol–water partition coefficient (Wildman–Crippen LogP) is 4.21. The fourth-order valence-electron chi connectivity index (χ4n) is 2.25. The second kappa shape index (κ2) is 12.4. The van der Waals surface area contributed by atoms with Crippen LogP contribution < -0.4 is 20.1 Å². The van der Waals surface area contributed by atoms with E-state index in [4.69, 9.17) is 9.47 Å². The van der Waals surface area contributed by atoms with E-state index in [1.807, 2.05) is 36.4 Å². The zero-order valence-electron chi connectivity index (χ0n) is 16.4. The van der Waals surface area contributed by atoms with Gasteiger partial charge in [-0.15, -0.1) is 24.0 Å². The quantitative estimate of drug-likeness (QED) is 0.334. The molecule has 0 spiro atoms. The number of rotatable bonds is 8. The molecule has 0 bridgehead atoms. The number of pyridine rings is 1. The number of ether oxygens (including phenoxy) is 2. The molecule has 0 aliphatic rings. The van der Waals surface area contributed by atoms with Gasteiger partial charge in [-0.3, -0.25) is 4.99 Å². The monoisotopic (exact) mass is 484 g/mol. The summed E-state index contributed by atoms with van der Waals surface area (Å²) in [6.45, 7) is 5.97. The molecule has 148 valence electrons. The minimum absolute atomic E-state index is 0. The number of aliphatic imine (C=N–C) groups is 1. The number of benzene rings is 1. The summed E-state index contributed by atoms with van der Waals surface area (Å²) in [5.74, 6) is 3.45. The van der Waals surface area contributed by atoms with Crippen LogP contribution >= 0.6 is 24.0 Å². The van der Waals surface area contributed by atoms with E-state index in [-0.39, 0.29) is 24.0 Å². The van der Waals surface area contributed by atoms with Gasteiger partial charge >= 0.3 is 0 Å². The summed E-state index contributed by atoms with van der Waals surface area (Å²) < 4.78 is 10.9. The highest BCUT2D eigenvalue weighted by molar-refractivity contribution is 14.0. The van der Waals surface area contributed by atoms with Crippen molar-refractivity contribution in [3.63, 3.8) is 0 Å². The smallest absolute Gasteiger partial charge is 0.219 e. The highest BCUT2D eigenvalue weighted by atomic mass is 127. The van der Waals surface area contributed by atoms with Crippen molar-refractivity contribution in [2.24, 2.45) is 10.9 Å². The lowest BCUT2D eigenvalue weighted by molar-refractivity contribution is 0.407. The second-order valence-electron chi connectivity index (χ2n) is 6.32. The Morgan fingerprint density at radius 2 is 1.93 bits per heavy atom. The van der Waals surface area contributed by atoms with Crippen LogP contribution in [0.5, 0.6) is 17.4 Å². The number of nitrogens with zero attached hydrogens (tertiary/aromatic N) is 2. The van der Waals surface area contributed by atoms with E-state index in [0.29, 0.717) is 24.1 Å². The zero-order valence-corrected chi connectivity index (χ0v) is 18.7. The maximum atomic E-state index is 5.75. The molecule has 7 heteroatoms. The van der Waals surface area contributed by atoms with E-state index in [0.717, 1.165) is 30.2 Å². The number of hydrogen-bond acceptors (Lipinski definition) is 4. The van der Waals surface area contributed by atoms with Crippen LogP contribution in [-0.2, 0) is 6.54 Å². The van der Waals surface area contributed by atoms with Crippen molar-refractivity contribution >= 4 is 29.9 Å². The van der Waals surface area contributed by atoms with Crippen LogP contribution in [0, 0.1) is 5.92 Å². The van der Waals surface area contributed by atoms with Gasteiger partial charge in [0, 0.05) is 38.5 Å². The molecule has 27 heavy (non-hydrogen) atoms. The van der Waals surface area contributed by atoms with Crippen LogP contribution in [0.25, 0.3) is 0 Å². The molecule has 0 saturated carbocycles. The highest BCUT2D eigenvalue weighted by Crippen LogP contribution is 2.23. The number of aromatic nitrogens is 1. The maximum absolute atomic E-state index is 5.75. The lowest BCUT2D eigenvalue weighted by Gasteiger charge is -2.13. The number of halogens is 1. The Morgan fingerprint density at radius 3 is 2.56 bits per heavy atom. The van der Waals surface area contributed by atoms with Crippen LogP contribution in [0.3, 0.4) is 0 Å². The van der Waals surface area contributed by atoms with Gasteiger partial charge < -0.3 is 20.1 Å². The Kier molecular flexibility index (Phi) is 10.5. The molecule has 6 nitrogen and oxygen atoms in total. The number of hydrogen-bond donors (Lipinski definition) is 2. The Balaban J connectivity index is 0.00000364. The van der Waals surface area contributed by atoms with Crippen LogP contribution in [0.2, 0.25) is 0 Å². The van der Waals surface area contributed by atoms with Crippen LogP contribution in [0.4, 0.5) is 0 Å². The first kappa shape index (κ1) is 23.0. The summed E-state index contributed by atoms with van der Waals surface area (Å²) in [5.41, 5.74) is 1.05. The van der Waals surface area contributed by atoms with Gasteiger partial charge in [-0.1, -0.05) is 26.0 Å². The summed E-state index contributed by atoms with van der Waals surface area (Å²) in [4.78, 5) is 8.58. The molecule has 0 saturated heterocycles. The van der Waals surface area contributed by atoms with Crippen LogP contribution in [-0.4, -0.2) is 31.6 Å². The Hall–Kier alpha value is -2.03. The Labute approximate surface area is 178 Å². The van der Waals surface area contributed by atoms with Crippen LogP contribution in [0.15, 0.2) is 47.6 Å². The second-order valence-corrected chi connectivity index (χ2v) is 6.32. The SMILES string of the molecule is CN=C(NCCC(C)C)NCc1ccc(Oc2cccc(OC)c2)nc1.I. The molecule has 0 radical (unpaired) electrons. The average molecular weight is 484 g/mol. The third-order valence-corrected chi connectivity index (χ3v) is 3.76. The van der Waals surface area contributed by atoms with Gasteiger partial charge in [0.2, 0.25) is 5.88 Å². The van der Waals surface area contributed by atoms with E-state index in [2.05, 4.69) is 34.5 Å². The van der Waals surface area contributed by atoms with E-state index in [1.54, 1.807) is 20.4 Å². The molecule has 0 atom stereocenters. The largest absolute Gasteiger partial charge is 0.497 e. The van der Waals surface area contributed by atoms with E-state index in [9.17, 15) is 0 Å². The number of methoxy groups -OCH3 is 1. The molecule has 1 heterocycles. The molecular weight excluding hydrogens is 455 g/mol. The summed E-state index contributed by atoms with van der Waals surface area (Å²) in [6, 6.07) is 11.3. The number of nitrogens with one attached hydrogen (secondary N) is 2. The highest BCUT2D eigenvalue weighted by Gasteiger charge is 2.03. The molecule has 0 amide bonds. The van der Waals surface area contributed by atoms with Crippen molar-refractivity contribution in [3.05, 3.63) is 48.2 Å². The van der Waals surface area contributed by atoms with E-state index in [1.165, 1.54) is 0 Å². The zero-order chi connectivity index (χ0) is 18.8. The third-order valence-electron chi connectivity index (χ3n) is 3.76. The van der Waals surface area contributed by atoms with Gasteiger partial charge in [-0.05, 0) is 30.0 Å².